The monoisotopic (exact) mass is 267 g/mol. The molecule has 0 aliphatic heterocycles. The molecule has 2 N–H and O–H groups in total. The fourth-order valence-electron chi connectivity index (χ4n) is 1.35. The fourth-order valence-corrected chi connectivity index (χ4v) is 2.13. The average Bonchev–Trinajstić information content (AvgIpc) is 2.15. The van der Waals surface area contributed by atoms with E-state index in [4.69, 9.17) is 10.2 Å². The van der Waals surface area contributed by atoms with E-state index < -0.39 is 0 Å². The molecular formula is C10H22BrNO2. The minimum atomic E-state index is 0.173. The smallest absolute Gasteiger partial charge is 0.0558 e. The number of hydrogen-bond acceptors (Lipinski definition) is 3. The number of alkyl halides is 1. The molecule has 0 aromatic rings. The summed E-state index contributed by atoms with van der Waals surface area (Å²) in [7, 11) is 0. The third-order valence-corrected chi connectivity index (χ3v) is 2.83. The van der Waals surface area contributed by atoms with Gasteiger partial charge in [0.1, 0.15) is 0 Å². The van der Waals surface area contributed by atoms with Crippen LogP contribution in [0.15, 0.2) is 0 Å². The minimum absolute atomic E-state index is 0.173. The lowest BCUT2D eigenvalue weighted by Crippen LogP contribution is -2.31. The lowest BCUT2D eigenvalue weighted by atomic mass is 10.1. The van der Waals surface area contributed by atoms with Crippen LogP contribution in [0.5, 0.6) is 0 Å². The molecule has 0 aliphatic carbocycles. The van der Waals surface area contributed by atoms with Gasteiger partial charge in [-0.2, -0.15) is 0 Å². The van der Waals surface area contributed by atoms with Crippen LogP contribution in [0.3, 0.4) is 0 Å². The summed E-state index contributed by atoms with van der Waals surface area (Å²) in [5, 5.41) is 18.7. The van der Waals surface area contributed by atoms with E-state index in [1.165, 1.54) is 6.42 Å². The van der Waals surface area contributed by atoms with E-state index in [1.807, 2.05) is 0 Å². The molecule has 0 bridgehead atoms. The van der Waals surface area contributed by atoms with Gasteiger partial charge in [0.05, 0.1) is 13.2 Å². The second-order valence-corrected chi connectivity index (χ2v) is 4.45. The quantitative estimate of drug-likeness (QED) is 0.615. The molecular weight excluding hydrogens is 246 g/mol. The predicted octanol–water partition coefficient (Wildman–Crippen LogP) is 1.08. The SMILES string of the molecule is CC(CCBr)CCN(CCO)CCO. The highest BCUT2D eigenvalue weighted by Gasteiger charge is 2.06. The van der Waals surface area contributed by atoms with Crippen molar-refractivity contribution in [3.8, 4) is 0 Å². The topological polar surface area (TPSA) is 43.7 Å². The van der Waals surface area contributed by atoms with E-state index in [2.05, 4.69) is 27.8 Å². The number of hydrogen-bond donors (Lipinski definition) is 2. The molecule has 0 amide bonds. The molecule has 0 aromatic carbocycles. The first kappa shape index (κ1) is 14.4. The Morgan fingerprint density at radius 2 is 1.64 bits per heavy atom. The van der Waals surface area contributed by atoms with Crippen LogP contribution in [0.25, 0.3) is 0 Å². The normalized spacial score (nSPS) is 13.5. The molecule has 0 fully saturated rings. The van der Waals surface area contributed by atoms with Crippen molar-refractivity contribution in [3.05, 3.63) is 0 Å². The van der Waals surface area contributed by atoms with Crippen molar-refractivity contribution in [1.82, 2.24) is 4.90 Å². The summed E-state index contributed by atoms with van der Waals surface area (Å²) >= 11 is 3.42. The van der Waals surface area contributed by atoms with E-state index in [0.29, 0.717) is 19.0 Å². The van der Waals surface area contributed by atoms with Gasteiger partial charge in [-0.25, -0.2) is 0 Å². The first-order chi connectivity index (χ1) is 6.74. The molecule has 0 aromatic heterocycles. The highest BCUT2D eigenvalue weighted by atomic mass is 79.9. The van der Waals surface area contributed by atoms with Gasteiger partial charge in [-0.3, -0.25) is 4.90 Å². The maximum Gasteiger partial charge on any atom is 0.0558 e. The molecule has 0 saturated carbocycles. The average molecular weight is 268 g/mol. The van der Waals surface area contributed by atoms with Crippen molar-refractivity contribution in [2.75, 3.05) is 38.2 Å². The van der Waals surface area contributed by atoms with Gasteiger partial charge in [0.15, 0.2) is 0 Å². The van der Waals surface area contributed by atoms with Crippen LogP contribution in [-0.4, -0.2) is 53.3 Å². The molecule has 1 unspecified atom stereocenters. The Morgan fingerprint density at radius 3 is 2.07 bits per heavy atom. The standard InChI is InChI=1S/C10H22BrNO2/c1-10(2-4-11)3-5-12(6-8-13)7-9-14/h10,13-14H,2-9H2,1H3. The van der Waals surface area contributed by atoms with E-state index in [0.717, 1.165) is 18.3 Å². The summed E-state index contributed by atoms with van der Waals surface area (Å²) in [6.45, 7) is 4.88. The molecule has 86 valence electrons. The van der Waals surface area contributed by atoms with Gasteiger partial charge in [0, 0.05) is 18.4 Å². The van der Waals surface area contributed by atoms with Gasteiger partial charge < -0.3 is 10.2 Å². The van der Waals surface area contributed by atoms with E-state index in [1.54, 1.807) is 0 Å². The van der Waals surface area contributed by atoms with Gasteiger partial charge in [-0.15, -0.1) is 0 Å². The zero-order valence-electron chi connectivity index (χ0n) is 8.95. The minimum Gasteiger partial charge on any atom is -0.395 e. The third-order valence-electron chi connectivity index (χ3n) is 2.37. The lowest BCUT2D eigenvalue weighted by Gasteiger charge is -2.21. The zero-order valence-corrected chi connectivity index (χ0v) is 10.5. The second kappa shape index (κ2) is 9.90. The molecule has 0 rings (SSSR count). The Bertz CT molecular complexity index is 119. The first-order valence-electron chi connectivity index (χ1n) is 5.24. The highest BCUT2D eigenvalue weighted by Crippen LogP contribution is 2.09. The Labute approximate surface area is 95.2 Å². The van der Waals surface area contributed by atoms with Gasteiger partial charge in [-0.05, 0) is 25.3 Å². The van der Waals surface area contributed by atoms with E-state index >= 15 is 0 Å². The molecule has 0 saturated heterocycles. The first-order valence-corrected chi connectivity index (χ1v) is 6.36. The largest absolute Gasteiger partial charge is 0.395 e. The number of halogens is 1. The Hall–Kier alpha value is 0.360. The summed E-state index contributed by atoms with van der Waals surface area (Å²) in [5.41, 5.74) is 0. The van der Waals surface area contributed by atoms with E-state index in [9.17, 15) is 0 Å². The fraction of sp³-hybridized carbons (Fsp3) is 1.00. The zero-order chi connectivity index (χ0) is 10.8. The maximum absolute atomic E-state index is 8.80. The Morgan fingerprint density at radius 1 is 1.07 bits per heavy atom. The van der Waals surface area contributed by atoms with Crippen molar-refractivity contribution in [2.24, 2.45) is 5.92 Å². The van der Waals surface area contributed by atoms with Crippen LogP contribution in [0, 0.1) is 5.92 Å². The van der Waals surface area contributed by atoms with Crippen molar-refractivity contribution < 1.29 is 10.2 Å². The summed E-state index contributed by atoms with van der Waals surface area (Å²) in [6, 6.07) is 0. The lowest BCUT2D eigenvalue weighted by molar-refractivity contribution is 0.155. The summed E-state index contributed by atoms with van der Waals surface area (Å²) in [5.74, 6) is 0.703. The maximum atomic E-state index is 8.80. The van der Waals surface area contributed by atoms with Crippen molar-refractivity contribution >= 4 is 15.9 Å². The molecule has 3 nitrogen and oxygen atoms in total. The summed E-state index contributed by atoms with van der Waals surface area (Å²) in [6.07, 6.45) is 2.32. The third kappa shape index (κ3) is 7.74. The van der Waals surface area contributed by atoms with Crippen LogP contribution in [0.4, 0.5) is 0 Å². The van der Waals surface area contributed by atoms with Gasteiger partial charge in [-0.1, -0.05) is 22.9 Å². The molecule has 0 heterocycles. The van der Waals surface area contributed by atoms with Crippen molar-refractivity contribution in [3.63, 3.8) is 0 Å². The molecule has 0 aliphatic rings. The highest BCUT2D eigenvalue weighted by molar-refractivity contribution is 9.09. The summed E-state index contributed by atoms with van der Waals surface area (Å²) < 4.78 is 0. The van der Waals surface area contributed by atoms with Crippen LogP contribution >= 0.6 is 15.9 Å². The molecule has 1 atom stereocenters. The Balaban J connectivity index is 3.57. The van der Waals surface area contributed by atoms with Crippen LogP contribution in [-0.2, 0) is 0 Å². The molecule has 0 spiro atoms. The number of aliphatic hydroxyl groups excluding tert-OH is 2. The van der Waals surface area contributed by atoms with Gasteiger partial charge >= 0.3 is 0 Å². The van der Waals surface area contributed by atoms with Gasteiger partial charge in [0.2, 0.25) is 0 Å². The number of aliphatic hydroxyl groups is 2. The van der Waals surface area contributed by atoms with Crippen molar-refractivity contribution in [2.45, 2.75) is 19.8 Å². The van der Waals surface area contributed by atoms with Crippen molar-refractivity contribution in [1.29, 1.82) is 0 Å². The summed E-state index contributed by atoms with van der Waals surface area (Å²) in [4.78, 5) is 2.10. The Kier molecular flexibility index (Phi) is 10.2. The van der Waals surface area contributed by atoms with Crippen LogP contribution in [0.1, 0.15) is 19.8 Å². The molecule has 4 heteroatoms. The number of nitrogens with zero attached hydrogens (tertiary/aromatic N) is 1. The number of rotatable bonds is 9. The second-order valence-electron chi connectivity index (χ2n) is 3.66. The molecule has 0 radical (unpaired) electrons. The predicted molar refractivity (Wildman–Crippen MR) is 62.8 cm³/mol. The van der Waals surface area contributed by atoms with E-state index in [-0.39, 0.29) is 13.2 Å². The molecule has 14 heavy (non-hydrogen) atoms. The van der Waals surface area contributed by atoms with Gasteiger partial charge in [0.25, 0.3) is 0 Å². The van der Waals surface area contributed by atoms with Crippen LogP contribution in [0.2, 0.25) is 0 Å². The van der Waals surface area contributed by atoms with Crippen LogP contribution < -0.4 is 0 Å².